The van der Waals surface area contributed by atoms with Gasteiger partial charge in [0, 0.05) is 17.2 Å². The van der Waals surface area contributed by atoms with Crippen LogP contribution >= 0.6 is 0 Å². The molecule has 0 aliphatic carbocycles. The molecule has 0 fully saturated rings. The van der Waals surface area contributed by atoms with Crippen molar-refractivity contribution in [1.29, 1.82) is 0 Å². The second kappa shape index (κ2) is 8.83. The van der Waals surface area contributed by atoms with E-state index in [-0.39, 0.29) is 18.0 Å². The first kappa shape index (κ1) is 20.3. The van der Waals surface area contributed by atoms with Crippen LogP contribution < -0.4 is 15.0 Å². The Balaban J connectivity index is 1.59. The molecule has 0 aliphatic rings. The van der Waals surface area contributed by atoms with E-state index >= 15 is 0 Å². The standard InChI is InChI=1S/C23H22N4O4/c1-4-15-5-7-16(8-6-15)18-10-12-22(28)27(25-18)14-21-24-23(26-31-21)17-9-11-19(29-2)20(13-17)30-3/h5-13H,4,14H2,1-3H3. The Morgan fingerprint density at radius 2 is 1.68 bits per heavy atom. The number of ether oxygens (including phenoxy) is 2. The van der Waals surface area contributed by atoms with Crippen molar-refractivity contribution in [2.45, 2.75) is 19.9 Å². The molecule has 0 amide bonds. The van der Waals surface area contributed by atoms with Crippen molar-refractivity contribution in [2.75, 3.05) is 14.2 Å². The van der Waals surface area contributed by atoms with Crippen molar-refractivity contribution in [3.05, 3.63) is 76.4 Å². The van der Waals surface area contributed by atoms with Crippen molar-refractivity contribution in [3.63, 3.8) is 0 Å². The summed E-state index contributed by atoms with van der Waals surface area (Å²) in [6, 6.07) is 16.6. The zero-order valence-electron chi connectivity index (χ0n) is 17.5. The van der Waals surface area contributed by atoms with Gasteiger partial charge in [-0.05, 0) is 36.2 Å². The first-order valence-corrected chi connectivity index (χ1v) is 9.83. The van der Waals surface area contributed by atoms with Gasteiger partial charge in [-0.25, -0.2) is 4.68 Å². The maximum absolute atomic E-state index is 12.3. The van der Waals surface area contributed by atoms with Crippen LogP contribution in [0.1, 0.15) is 18.4 Å². The minimum Gasteiger partial charge on any atom is -0.493 e. The summed E-state index contributed by atoms with van der Waals surface area (Å²) < 4.78 is 17.2. The SMILES string of the molecule is CCc1ccc(-c2ccc(=O)n(Cc3nc(-c4ccc(OC)c(OC)c4)no3)n2)cc1. The van der Waals surface area contributed by atoms with Crippen molar-refractivity contribution in [1.82, 2.24) is 19.9 Å². The highest BCUT2D eigenvalue weighted by Gasteiger charge is 2.14. The third-order valence-electron chi connectivity index (χ3n) is 4.92. The number of nitrogens with zero attached hydrogens (tertiary/aromatic N) is 4. The van der Waals surface area contributed by atoms with E-state index in [1.165, 1.54) is 16.3 Å². The molecule has 0 saturated carbocycles. The van der Waals surface area contributed by atoms with Gasteiger partial charge in [0.15, 0.2) is 11.5 Å². The van der Waals surface area contributed by atoms with Crippen LogP contribution in [0, 0.1) is 0 Å². The van der Waals surface area contributed by atoms with Gasteiger partial charge < -0.3 is 14.0 Å². The Morgan fingerprint density at radius 1 is 0.935 bits per heavy atom. The van der Waals surface area contributed by atoms with E-state index in [4.69, 9.17) is 14.0 Å². The molecule has 0 unspecified atom stereocenters. The van der Waals surface area contributed by atoms with Gasteiger partial charge in [0.05, 0.1) is 19.9 Å². The molecule has 0 saturated heterocycles. The molecule has 158 valence electrons. The largest absolute Gasteiger partial charge is 0.493 e. The maximum Gasteiger partial charge on any atom is 0.267 e. The zero-order valence-corrected chi connectivity index (χ0v) is 17.5. The van der Waals surface area contributed by atoms with Gasteiger partial charge in [-0.2, -0.15) is 10.1 Å². The molecule has 4 aromatic rings. The lowest BCUT2D eigenvalue weighted by Gasteiger charge is -2.07. The lowest BCUT2D eigenvalue weighted by molar-refractivity contribution is 0.355. The van der Waals surface area contributed by atoms with E-state index in [9.17, 15) is 4.79 Å². The fraction of sp³-hybridized carbons (Fsp3) is 0.217. The van der Waals surface area contributed by atoms with Gasteiger partial charge in [0.2, 0.25) is 11.7 Å². The predicted octanol–water partition coefficient (Wildman–Crippen LogP) is 3.59. The van der Waals surface area contributed by atoms with Crippen LogP contribution in [-0.4, -0.2) is 34.1 Å². The first-order valence-electron chi connectivity index (χ1n) is 9.83. The Kier molecular flexibility index (Phi) is 5.79. The highest BCUT2D eigenvalue weighted by molar-refractivity contribution is 5.61. The van der Waals surface area contributed by atoms with Gasteiger partial charge in [-0.3, -0.25) is 4.79 Å². The Labute approximate surface area is 179 Å². The first-order chi connectivity index (χ1) is 15.1. The molecular weight excluding hydrogens is 396 g/mol. The normalized spacial score (nSPS) is 10.8. The fourth-order valence-electron chi connectivity index (χ4n) is 3.17. The number of rotatable bonds is 7. The molecule has 0 bridgehead atoms. The Morgan fingerprint density at radius 3 is 2.39 bits per heavy atom. The van der Waals surface area contributed by atoms with Gasteiger partial charge in [-0.15, -0.1) is 0 Å². The molecule has 4 rings (SSSR count). The zero-order chi connectivity index (χ0) is 21.8. The van der Waals surface area contributed by atoms with Crippen LogP contribution in [0.25, 0.3) is 22.6 Å². The van der Waals surface area contributed by atoms with E-state index < -0.39 is 0 Å². The summed E-state index contributed by atoms with van der Waals surface area (Å²) in [5, 5.41) is 8.48. The quantitative estimate of drug-likeness (QED) is 0.453. The summed E-state index contributed by atoms with van der Waals surface area (Å²) in [5.74, 6) is 1.83. The van der Waals surface area contributed by atoms with Crippen LogP contribution in [0.2, 0.25) is 0 Å². The minimum atomic E-state index is -0.250. The summed E-state index contributed by atoms with van der Waals surface area (Å²) in [4.78, 5) is 16.7. The second-order valence-electron chi connectivity index (χ2n) is 6.85. The molecule has 2 aromatic carbocycles. The topological polar surface area (TPSA) is 92.3 Å². The van der Waals surface area contributed by atoms with Crippen LogP contribution in [0.5, 0.6) is 11.5 Å². The molecular formula is C23H22N4O4. The maximum atomic E-state index is 12.3. The summed E-state index contributed by atoms with van der Waals surface area (Å²) in [7, 11) is 3.13. The van der Waals surface area contributed by atoms with Crippen LogP contribution in [0.3, 0.4) is 0 Å². The lowest BCUT2D eigenvalue weighted by Crippen LogP contribution is -2.23. The molecule has 8 nitrogen and oxygen atoms in total. The molecule has 2 heterocycles. The number of aromatic nitrogens is 4. The Bertz CT molecular complexity index is 1250. The van der Waals surface area contributed by atoms with E-state index in [0.717, 1.165) is 12.0 Å². The predicted molar refractivity (Wildman–Crippen MR) is 115 cm³/mol. The summed E-state index contributed by atoms with van der Waals surface area (Å²) >= 11 is 0. The average molecular weight is 418 g/mol. The molecule has 0 radical (unpaired) electrons. The number of hydrogen-bond acceptors (Lipinski definition) is 7. The van der Waals surface area contributed by atoms with Crippen molar-refractivity contribution in [2.24, 2.45) is 0 Å². The number of methoxy groups -OCH3 is 2. The van der Waals surface area contributed by atoms with Crippen molar-refractivity contribution >= 4 is 0 Å². The van der Waals surface area contributed by atoms with E-state index in [1.807, 2.05) is 12.1 Å². The number of aryl methyl sites for hydroxylation is 1. The monoisotopic (exact) mass is 418 g/mol. The van der Waals surface area contributed by atoms with Gasteiger partial charge in [-0.1, -0.05) is 36.3 Å². The van der Waals surface area contributed by atoms with E-state index in [2.05, 4.69) is 34.3 Å². The molecule has 8 heteroatoms. The smallest absolute Gasteiger partial charge is 0.267 e. The molecule has 0 spiro atoms. The van der Waals surface area contributed by atoms with E-state index in [1.54, 1.807) is 38.5 Å². The fourth-order valence-corrected chi connectivity index (χ4v) is 3.17. The Hall–Kier alpha value is -3.94. The van der Waals surface area contributed by atoms with Crippen LogP contribution in [0.15, 0.2) is 63.9 Å². The lowest BCUT2D eigenvalue weighted by atomic mass is 10.1. The molecule has 31 heavy (non-hydrogen) atoms. The highest BCUT2D eigenvalue weighted by Crippen LogP contribution is 2.31. The third kappa shape index (κ3) is 4.32. The summed E-state index contributed by atoms with van der Waals surface area (Å²) in [6.45, 7) is 2.17. The third-order valence-corrected chi connectivity index (χ3v) is 4.92. The average Bonchev–Trinajstić information content (AvgIpc) is 3.28. The minimum absolute atomic E-state index is 0.0695. The summed E-state index contributed by atoms with van der Waals surface area (Å²) in [5.41, 5.74) is 3.33. The molecule has 0 atom stereocenters. The van der Waals surface area contributed by atoms with Gasteiger partial charge >= 0.3 is 0 Å². The van der Waals surface area contributed by atoms with E-state index in [0.29, 0.717) is 28.6 Å². The van der Waals surface area contributed by atoms with Gasteiger partial charge in [0.1, 0.15) is 6.54 Å². The highest BCUT2D eigenvalue weighted by atomic mass is 16.5. The van der Waals surface area contributed by atoms with Crippen molar-refractivity contribution < 1.29 is 14.0 Å². The van der Waals surface area contributed by atoms with Crippen molar-refractivity contribution in [3.8, 4) is 34.1 Å². The second-order valence-corrected chi connectivity index (χ2v) is 6.85. The number of hydrogen-bond donors (Lipinski definition) is 0. The molecule has 0 N–H and O–H groups in total. The van der Waals surface area contributed by atoms with Crippen LogP contribution in [0.4, 0.5) is 0 Å². The summed E-state index contributed by atoms with van der Waals surface area (Å²) in [6.07, 6.45) is 0.965. The number of benzene rings is 2. The molecule has 0 aliphatic heterocycles. The van der Waals surface area contributed by atoms with Gasteiger partial charge in [0.25, 0.3) is 5.56 Å². The molecule has 2 aromatic heterocycles. The van der Waals surface area contributed by atoms with Crippen LogP contribution in [-0.2, 0) is 13.0 Å².